The van der Waals surface area contributed by atoms with Crippen molar-refractivity contribution in [2.24, 2.45) is 0 Å². The lowest BCUT2D eigenvalue weighted by Crippen LogP contribution is -2.01. The fourth-order valence-electron chi connectivity index (χ4n) is 1.60. The summed E-state index contributed by atoms with van der Waals surface area (Å²) in [5, 5.41) is 9.74. The van der Waals surface area contributed by atoms with Crippen LogP contribution in [0.3, 0.4) is 0 Å². The molecule has 2 aromatic rings. The number of halogens is 2. The molecule has 1 aromatic heterocycles. The summed E-state index contributed by atoms with van der Waals surface area (Å²) in [5.41, 5.74) is 1.31. The molecule has 0 atom stereocenters. The van der Waals surface area contributed by atoms with Gasteiger partial charge in [0.05, 0.1) is 17.2 Å². The van der Waals surface area contributed by atoms with Gasteiger partial charge < -0.3 is 9.84 Å². The Hall–Kier alpha value is -1.78. The zero-order valence-corrected chi connectivity index (χ0v) is 11.4. The third-order valence-corrected chi connectivity index (χ3v) is 3.27. The van der Waals surface area contributed by atoms with Crippen LogP contribution in [0.2, 0.25) is 10.0 Å². The van der Waals surface area contributed by atoms with E-state index < -0.39 is 5.97 Å². The van der Waals surface area contributed by atoms with Crippen molar-refractivity contribution >= 4 is 29.2 Å². The molecule has 0 radical (unpaired) electrons. The topological polar surface area (TPSA) is 59.4 Å². The second-order valence-electron chi connectivity index (χ2n) is 3.70. The Morgan fingerprint density at radius 3 is 2.58 bits per heavy atom. The van der Waals surface area contributed by atoms with Gasteiger partial charge in [0, 0.05) is 17.8 Å². The van der Waals surface area contributed by atoms with E-state index in [1.807, 2.05) is 0 Å². The van der Waals surface area contributed by atoms with E-state index >= 15 is 0 Å². The number of rotatable bonds is 3. The molecule has 0 bridgehead atoms. The smallest absolute Gasteiger partial charge is 0.354 e. The van der Waals surface area contributed by atoms with E-state index in [-0.39, 0.29) is 5.69 Å². The van der Waals surface area contributed by atoms with Crippen molar-refractivity contribution in [3.8, 4) is 16.9 Å². The lowest BCUT2D eigenvalue weighted by molar-refractivity contribution is 0.0690. The number of carboxylic acid groups (broad SMARTS) is 1. The summed E-state index contributed by atoms with van der Waals surface area (Å²) in [6, 6.07) is 6.45. The molecule has 1 aromatic carbocycles. The molecule has 19 heavy (non-hydrogen) atoms. The van der Waals surface area contributed by atoms with Crippen molar-refractivity contribution in [1.29, 1.82) is 0 Å². The molecule has 0 aliphatic carbocycles. The van der Waals surface area contributed by atoms with E-state index in [1.54, 1.807) is 18.2 Å². The quantitative estimate of drug-likeness (QED) is 0.937. The number of carbonyl (C=O) groups is 1. The van der Waals surface area contributed by atoms with Crippen LogP contribution >= 0.6 is 23.2 Å². The minimum absolute atomic E-state index is 0.0827. The van der Waals surface area contributed by atoms with Gasteiger partial charge in [-0.3, -0.25) is 0 Å². The SMILES string of the molecule is COc1cc(C(=O)O)ncc1-c1ccc(Cl)c(Cl)c1. The fraction of sp³-hybridized carbons (Fsp3) is 0.0769. The zero-order valence-electron chi connectivity index (χ0n) is 9.85. The molecule has 98 valence electrons. The average molecular weight is 298 g/mol. The van der Waals surface area contributed by atoms with E-state index in [4.69, 9.17) is 33.0 Å². The molecule has 0 aliphatic heterocycles. The van der Waals surface area contributed by atoms with Gasteiger partial charge in [0.25, 0.3) is 0 Å². The first-order chi connectivity index (χ1) is 9.02. The van der Waals surface area contributed by atoms with Gasteiger partial charge in [-0.2, -0.15) is 0 Å². The number of nitrogens with zero attached hydrogens (tertiary/aromatic N) is 1. The second-order valence-corrected chi connectivity index (χ2v) is 4.52. The number of pyridine rings is 1. The molecule has 0 amide bonds. The van der Waals surface area contributed by atoms with E-state index in [0.29, 0.717) is 21.4 Å². The Bertz CT molecular complexity index is 644. The van der Waals surface area contributed by atoms with Crippen molar-refractivity contribution in [2.75, 3.05) is 7.11 Å². The molecule has 0 fully saturated rings. The van der Waals surface area contributed by atoms with Crippen molar-refractivity contribution < 1.29 is 14.6 Å². The minimum Gasteiger partial charge on any atom is -0.496 e. The lowest BCUT2D eigenvalue weighted by atomic mass is 10.1. The van der Waals surface area contributed by atoms with Gasteiger partial charge in [-0.05, 0) is 17.7 Å². The molecule has 1 heterocycles. The van der Waals surface area contributed by atoms with E-state index in [2.05, 4.69) is 4.98 Å². The van der Waals surface area contributed by atoms with Crippen molar-refractivity contribution in [1.82, 2.24) is 4.98 Å². The highest BCUT2D eigenvalue weighted by Crippen LogP contribution is 2.33. The summed E-state index contributed by atoms with van der Waals surface area (Å²) in [7, 11) is 1.46. The lowest BCUT2D eigenvalue weighted by Gasteiger charge is -2.09. The van der Waals surface area contributed by atoms with Crippen LogP contribution in [-0.2, 0) is 0 Å². The Labute approximate surface area is 119 Å². The summed E-state index contributed by atoms with van der Waals surface area (Å²) >= 11 is 11.8. The Morgan fingerprint density at radius 1 is 1.26 bits per heavy atom. The Balaban J connectivity index is 2.55. The summed E-state index contributed by atoms with van der Waals surface area (Å²) < 4.78 is 5.18. The molecule has 6 heteroatoms. The normalized spacial score (nSPS) is 10.3. The average Bonchev–Trinajstić information content (AvgIpc) is 2.41. The number of ether oxygens (including phenoxy) is 1. The van der Waals surface area contributed by atoms with Crippen LogP contribution in [0.4, 0.5) is 0 Å². The molecule has 4 nitrogen and oxygen atoms in total. The van der Waals surface area contributed by atoms with Gasteiger partial charge in [-0.25, -0.2) is 9.78 Å². The summed E-state index contributed by atoms with van der Waals surface area (Å²) in [6.45, 7) is 0. The van der Waals surface area contributed by atoms with Crippen molar-refractivity contribution in [2.45, 2.75) is 0 Å². The first-order valence-corrected chi connectivity index (χ1v) is 6.01. The van der Waals surface area contributed by atoms with Crippen LogP contribution in [0.5, 0.6) is 5.75 Å². The minimum atomic E-state index is -1.11. The third-order valence-electron chi connectivity index (χ3n) is 2.54. The predicted molar refractivity (Wildman–Crippen MR) is 73.2 cm³/mol. The maximum absolute atomic E-state index is 10.9. The number of aromatic carboxylic acids is 1. The monoisotopic (exact) mass is 297 g/mol. The van der Waals surface area contributed by atoms with Gasteiger partial charge in [0.1, 0.15) is 5.75 Å². The molecule has 2 rings (SSSR count). The summed E-state index contributed by atoms with van der Waals surface area (Å²) in [4.78, 5) is 14.7. The Kier molecular flexibility index (Phi) is 3.93. The first-order valence-electron chi connectivity index (χ1n) is 5.25. The molecule has 0 spiro atoms. The molecule has 1 N–H and O–H groups in total. The number of aromatic nitrogens is 1. The van der Waals surface area contributed by atoms with Gasteiger partial charge >= 0.3 is 5.97 Å². The summed E-state index contributed by atoms with van der Waals surface area (Å²) in [5.74, 6) is -0.704. The highest BCUT2D eigenvalue weighted by atomic mass is 35.5. The van der Waals surface area contributed by atoms with E-state index in [1.165, 1.54) is 19.4 Å². The number of hydrogen-bond acceptors (Lipinski definition) is 3. The maximum atomic E-state index is 10.9. The number of carboxylic acids is 1. The van der Waals surface area contributed by atoms with Crippen LogP contribution in [0.15, 0.2) is 30.5 Å². The van der Waals surface area contributed by atoms with Crippen LogP contribution in [0.1, 0.15) is 10.5 Å². The number of methoxy groups -OCH3 is 1. The highest BCUT2D eigenvalue weighted by molar-refractivity contribution is 6.42. The van der Waals surface area contributed by atoms with E-state index in [9.17, 15) is 4.79 Å². The molecular weight excluding hydrogens is 289 g/mol. The maximum Gasteiger partial charge on any atom is 0.354 e. The van der Waals surface area contributed by atoms with Gasteiger partial charge in [0.15, 0.2) is 5.69 Å². The number of hydrogen-bond donors (Lipinski definition) is 1. The van der Waals surface area contributed by atoms with Gasteiger partial charge in [0.2, 0.25) is 0 Å². The predicted octanol–water partition coefficient (Wildman–Crippen LogP) is 3.76. The van der Waals surface area contributed by atoms with Crippen LogP contribution < -0.4 is 4.74 Å². The van der Waals surface area contributed by atoms with Gasteiger partial charge in [-0.15, -0.1) is 0 Å². The summed E-state index contributed by atoms with van der Waals surface area (Å²) in [6.07, 6.45) is 1.43. The van der Waals surface area contributed by atoms with Crippen molar-refractivity contribution in [3.05, 3.63) is 46.2 Å². The second kappa shape index (κ2) is 5.47. The van der Waals surface area contributed by atoms with Crippen molar-refractivity contribution in [3.63, 3.8) is 0 Å². The van der Waals surface area contributed by atoms with Crippen LogP contribution in [0, 0.1) is 0 Å². The zero-order chi connectivity index (χ0) is 14.0. The Morgan fingerprint density at radius 2 is 2.00 bits per heavy atom. The standard InChI is InChI=1S/C13H9Cl2NO3/c1-19-12-5-11(13(17)18)16-6-8(12)7-2-3-9(14)10(15)4-7/h2-6H,1H3,(H,17,18). The molecule has 0 aliphatic rings. The molecule has 0 saturated heterocycles. The largest absolute Gasteiger partial charge is 0.496 e. The molecular formula is C13H9Cl2NO3. The van der Waals surface area contributed by atoms with E-state index in [0.717, 1.165) is 5.56 Å². The molecule has 0 saturated carbocycles. The van der Waals surface area contributed by atoms with Crippen LogP contribution in [0.25, 0.3) is 11.1 Å². The third kappa shape index (κ3) is 2.80. The highest BCUT2D eigenvalue weighted by Gasteiger charge is 2.12. The molecule has 0 unspecified atom stereocenters. The fourth-order valence-corrected chi connectivity index (χ4v) is 1.90. The first kappa shape index (κ1) is 13.6. The number of benzene rings is 1. The van der Waals surface area contributed by atoms with Crippen LogP contribution in [-0.4, -0.2) is 23.2 Å². The van der Waals surface area contributed by atoms with Gasteiger partial charge in [-0.1, -0.05) is 29.3 Å².